The lowest BCUT2D eigenvalue weighted by Gasteiger charge is -2.28. The van der Waals surface area contributed by atoms with Crippen LogP contribution in [0.4, 0.5) is 27.8 Å². The largest absolute Gasteiger partial charge is 0.444 e. The summed E-state index contributed by atoms with van der Waals surface area (Å²) in [5.41, 5.74) is 4.48. The summed E-state index contributed by atoms with van der Waals surface area (Å²) < 4.78 is 10.8. The molecule has 2 heterocycles. The van der Waals surface area contributed by atoms with Gasteiger partial charge in [-0.05, 0) is 68.8 Å². The second-order valence-corrected chi connectivity index (χ2v) is 11.5. The zero-order chi connectivity index (χ0) is 30.9. The van der Waals surface area contributed by atoms with Crippen molar-refractivity contribution >= 4 is 35.0 Å². The first kappa shape index (κ1) is 30.5. The monoisotopic (exact) mass is 594 g/mol. The number of rotatable bonds is 9. The number of ether oxygens (including phenoxy) is 2. The van der Waals surface area contributed by atoms with Crippen LogP contribution in [0.25, 0.3) is 11.3 Å². The third-order valence-electron chi connectivity index (χ3n) is 6.89. The van der Waals surface area contributed by atoms with E-state index in [1.807, 2.05) is 60.7 Å². The molecular formula is C34H38N6O4. The van der Waals surface area contributed by atoms with Crippen molar-refractivity contribution in [2.45, 2.75) is 38.8 Å². The molecular weight excluding hydrogens is 556 g/mol. The van der Waals surface area contributed by atoms with Crippen molar-refractivity contribution in [3.8, 4) is 11.3 Å². The van der Waals surface area contributed by atoms with Gasteiger partial charge >= 0.3 is 6.09 Å². The molecule has 0 spiro atoms. The maximum Gasteiger partial charge on any atom is 0.408 e. The molecule has 10 heteroatoms. The van der Waals surface area contributed by atoms with E-state index in [2.05, 4.69) is 43.0 Å². The number of anilines is 4. The molecule has 1 fully saturated rings. The number of benzene rings is 3. The van der Waals surface area contributed by atoms with Gasteiger partial charge in [0.1, 0.15) is 11.6 Å². The molecule has 4 aromatic rings. The molecule has 3 aromatic carbocycles. The minimum Gasteiger partial charge on any atom is -0.444 e. The molecule has 1 atom stereocenters. The molecule has 1 saturated heterocycles. The summed E-state index contributed by atoms with van der Waals surface area (Å²) in [6.45, 7) is 8.60. The van der Waals surface area contributed by atoms with Crippen LogP contribution in [0.2, 0.25) is 0 Å². The first-order valence-corrected chi connectivity index (χ1v) is 14.7. The molecule has 2 amide bonds. The Morgan fingerprint density at radius 3 is 2.27 bits per heavy atom. The maximum atomic E-state index is 13.3. The highest BCUT2D eigenvalue weighted by Crippen LogP contribution is 2.24. The molecule has 44 heavy (non-hydrogen) atoms. The van der Waals surface area contributed by atoms with Gasteiger partial charge in [0, 0.05) is 48.3 Å². The van der Waals surface area contributed by atoms with E-state index < -0.39 is 17.7 Å². The van der Waals surface area contributed by atoms with Crippen LogP contribution < -0.4 is 20.9 Å². The molecule has 3 N–H and O–H groups in total. The lowest BCUT2D eigenvalue weighted by atomic mass is 10.1. The average molecular weight is 595 g/mol. The van der Waals surface area contributed by atoms with Gasteiger partial charge in [0.05, 0.1) is 18.9 Å². The Morgan fingerprint density at radius 1 is 0.909 bits per heavy atom. The SMILES string of the molecule is CC(C)(C)OC(=O)N[C@@H](Cc1ccccc1)C(=O)Nc1ccc(-c2ccnc(Nc3ccc(N4CCOCC4)cc3)n2)cc1. The first-order chi connectivity index (χ1) is 21.2. The Kier molecular flexibility index (Phi) is 9.71. The third kappa shape index (κ3) is 8.78. The molecule has 1 aromatic heterocycles. The van der Waals surface area contributed by atoms with Crippen molar-refractivity contribution in [2.24, 2.45) is 0 Å². The predicted octanol–water partition coefficient (Wildman–Crippen LogP) is 5.80. The first-order valence-electron chi connectivity index (χ1n) is 14.7. The summed E-state index contributed by atoms with van der Waals surface area (Å²) in [6.07, 6.45) is 1.38. The minimum atomic E-state index is -0.828. The Bertz CT molecular complexity index is 1530. The standard InChI is InChI=1S/C34H38N6O4/c1-34(2,3)44-33(42)39-30(23-24-7-5-4-6-8-24)31(41)36-26-11-9-25(10-12-26)29-17-18-35-32(38-29)37-27-13-15-28(16-14-27)40-19-21-43-22-20-40/h4-18,30H,19-23H2,1-3H3,(H,36,41)(H,39,42)(H,35,37,38)/t30-/m0/s1. The van der Waals surface area contributed by atoms with E-state index in [0.717, 1.165) is 54.5 Å². The van der Waals surface area contributed by atoms with Gasteiger partial charge in [-0.1, -0.05) is 42.5 Å². The smallest absolute Gasteiger partial charge is 0.408 e. The number of morpholine rings is 1. The van der Waals surface area contributed by atoms with Crippen LogP contribution in [0.15, 0.2) is 91.1 Å². The van der Waals surface area contributed by atoms with Gasteiger partial charge in [-0.15, -0.1) is 0 Å². The molecule has 228 valence electrons. The topological polar surface area (TPSA) is 118 Å². The lowest BCUT2D eigenvalue weighted by Crippen LogP contribution is -2.47. The summed E-state index contributed by atoms with van der Waals surface area (Å²) in [7, 11) is 0. The van der Waals surface area contributed by atoms with Crippen LogP contribution in [-0.2, 0) is 20.7 Å². The average Bonchev–Trinajstić information content (AvgIpc) is 3.02. The van der Waals surface area contributed by atoms with E-state index in [4.69, 9.17) is 9.47 Å². The van der Waals surface area contributed by atoms with Crippen LogP contribution in [0.3, 0.4) is 0 Å². The molecule has 0 saturated carbocycles. The number of aromatic nitrogens is 2. The molecule has 0 aliphatic carbocycles. The van der Waals surface area contributed by atoms with Crippen molar-refractivity contribution in [2.75, 3.05) is 41.8 Å². The van der Waals surface area contributed by atoms with E-state index in [1.165, 1.54) is 0 Å². The number of nitrogens with zero attached hydrogens (tertiary/aromatic N) is 3. The number of hydrogen-bond donors (Lipinski definition) is 3. The van der Waals surface area contributed by atoms with E-state index in [-0.39, 0.29) is 5.91 Å². The van der Waals surface area contributed by atoms with E-state index in [1.54, 1.807) is 39.1 Å². The number of nitrogens with one attached hydrogen (secondary N) is 3. The normalized spacial score (nSPS) is 13.9. The highest BCUT2D eigenvalue weighted by Gasteiger charge is 2.25. The minimum absolute atomic E-state index is 0.316. The van der Waals surface area contributed by atoms with E-state index >= 15 is 0 Å². The van der Waals surface area contributed by atoms with Crippen LogP contribution in [0, 0.1) is 0 Å². The van der Waals surface area contributed by atoms with Gasteiger partial charge in [-0.2, -0.15) is 0 Å². The highest BCUT2D eigenvalue weighted by atomic mass is 16.6. The second kappa shape index (κ2) is 14.0. The molecule has 0 unspecified atom stereocenters. The van der Waals surface area contributed by atoms with Crippen molar-refractivity contribution in [1.29, 1.82) is 0 Å². The lowest BCUT2D eigenvalue weighted by molar-refractivity contribution is -0.118. The van der Waals surface area contributed by atoms with Gasteiger partial charge < -0.3 is 30.3 Å². The maximum absolute atomic E-state index is 13.3. The highest BCUT2D eigenvalue weighted by molar-refractivity contribution is 5.97. The van der Waals surface area contributed by atoms with Crippen LogP contribution in [-0.4, -0.2) is 59.9 Å². The van der Waals surface area contributed by atoms with Crippen molar-refractivity contribution < 1.29 is 19.1 Å². The zero-order valence-corrected chi connectivity index (χ0v) is 25.2. The molecule has 10 nitrogen and oxygen atoms in total. The Balaban J connectivity index is 1.22. The number of alkyl carbamates (subject to hydrolysis) is 1. The number of carbonyl (C=O) groups is 2. The van der Waals surface area contributed by atoms with Crippen molar-refractivity contribution in [3.05, 3.63) is 96.7 Å². The number of hydrogen-bond acceptors (Lipinski definition) is 8. The Morgan fingerprint density at radius 2 is 1.59 bits per heavy atom. The van der Waals surface area contributed by atoms with Crippen LogP contribution >= 0.6 is 0 Å². The van der Waals surface area contributed by atoms with Gasteiger partial charge in [-0.3, -0.25) is 4.79 Å². The zero-order valence-electron chi connectivity index (χ0n) is 25.2. The van der Waals surface area contributed by atoms with Gasteiger partial charge in [-0.25, -0.2) is 14.8 Å². The van der Waals surface area contributed by atoms with Crippen LogP contribution in [0.1, 0.15) is 26.3 Å². The fraction of sp³-hybridized carbons (Fsp3) is 0.294. The summed E-state index contributed by atoms with van der Waals surface area (Å²) in [5, 5.41) is 8.91. The Hall–Kier alpha value is -4.96. The van der Waals surface area contributed by atoms with Gasteiger partial charge in [0.2, 0.25) is 11.9 Å². The van der Waals surface area contributed by atoms with Crippen LogP contribution in [0.5, 0.6) is 0 Å². The summed E-state index contributed by atoms with van der Waals surface area (Å²) in [5.74, 6) is 0.136. The van der Waals surface area contributed by atoms with Crippen molar-refractivity contribution in [3.63, 3.8) is 0 Å². The van der Waals surface area contributed by atoms with E-state index in [0.29, 0.717) is 18.1 Å². The summed E-state index contributed by atoms with van der Waals surface area (Å²) in [4.78, 5) is 37.1. The predicted molar refractivity (Wildman–Crippen MR) is 172 cm³/mol. The summed E-state index contributed by atoms with van der Waals surface area (Å²) in [6, 6.07) is 26.1. The molecule has 1 aliphatic heterocycles. The number of carbonyl (C=O) groups excluding carboxylic acids is 2. The number of amides is 2. The fourth-order valence-electron chi connectivity index (χ4n) is 4.75. The van der Waals surface area contributed by atoms with Gasteiger partial charge in [0.15, 0.2) is 0 Å². The fourth-order valence-corrected chi connectivity index (χ4v) is 4.75. The summed E-state index contributed by atoms with van der Waals surface area (Å²) >= 11 is 0. The van der Waals surface area contributed by atoms with Crippen molar-refractivity contribution in [1.82, 2.24) is 15.3 Å². The molecule has 0 radical (unpaired) electrons. The Labute approximate surface area is 257 Å². The molecule has 0 bridgehead atoms. The third-order valence-corrected chi connectivity index (χ3v) is 6.89. The molecule has 1 aliphatic rings. The molecule has 5 rings (SSSR count). The quantitative estimate of drug-likeness (QED) is 0.223. The van der Waals surface area contributed by atoms with Gasteiger partial charge in [0.25, 0.3) is 0 Å². The second-order valence-electron chi connectivity index (χ2n) is 11.5. The van der Waals surface area contributed by atoms with E-state index in [9.17, 15) is 9.59 Å².